The van der Waals surface area contributed by atoms with Crippen LogP contribution in [0.25, 0.3) is 0 Å². The highest BCUT2D eigenvalue weighted by molar-refractivity contribution is 6.32. The third-order valence-corrected chi connectivity index (χ3v) is 6.77. The van der Waals surface area contributed by atoms with E-state index in [0.717, 1.165) is 5.56 Å². The zero-order valence-corrected chi connectivity index (χ0v) is 23.0. The Balaban J connectivity index is 1.35. The molecular weight excluding hydrogens is 522 g/mol. The van der Waals surface area contributed by atoms with Crippen molar-refractivity contribution in [1.82, 2.24) is 19.6 Å². The number of ether oxygens (including phenoxy) is 2. The van der Waals surface area contributed by atoms with Crippen LogP contribution in [0.15, 0.2) is 54.7 Å². The van der Waals surface area contributed by atoms with Gasteiger partial charge >= 0.3 is 6.09 Å². The van der Waals surface area contributed by atoms with Gasteiger partial charge in [0.2, 0.25) is 5.91 Å². The molecule has 2 heterocycles. The van der Waals surface area contributed by atoms with Crippen molar-refractivity contribution >= 4 is 35.2 Å². The molecule has 1 aliphatic heterocycles. The van der Waals surface area contributed by atoms with E-state index < -0.39 is 6.04 Å². The Morgan fingerprint density at radius 3 is 2.49 bits per heavy atom. The fourth-order valence-corrected chi connectivity index (χ4v) is 4.41. The molecule has 206 valence electrons. The van der Waals surface area contributed by atoms with E-state index >= 15 is 0 Å². The first kappa shape index (κ1) is 28.0. The second-order valence-electron chi connectivity index (χ2n) is 9.17. The van der Waals surface area contributed by atoms with E-state index in [4.69, 9.17) is 21.1 Å². The number of anilines is 1. The van der Waals surface area contributed by atoms with Crippen LogP contribution in [-0.2, 0) is 16.1 Å². The van der Waals surface area contributed by atoms with Crippen LogP contribution in [0.4, 0.5) is 10.5 Å². The van der Waals surface area contributed by atoms with Crippen molar-refractivity contribution in [3.63, 3.8) is 0 Å². The molecule has 1 aromatic heterocycles. The Labute approximate surface area is 232 Å². The first-order chi connectivity index (χ1) is 18.8. The molecule has 3 aromatic rings. The second kappa shape index (κ2) is 12.7. The molecule has 0 saturated carbocycles. The van der Waals surface area contributed by atoms with Crippen molar-refractivity contribution in [2.45, 2.75) is 33.4 Å². The number of carbonyl (C=O) groups is 3. The van der Waals surface area contributed by atoms with E-state index in [1.165, 1.54) is 0 Å². The lowest BCUT2D eigenvalue weighted by atomic mass is 10.1. The molecular formula is C28H32ClN5O5. The number of para-hydroxylation sites is 1. The maximum atomic E-state index is 13.1. The van der Waals surface area contributed by atoms with Crippen LogP contribution in [0.1, 0.15) is 41.5 Å². The van der Waals surface area contributed by atoms with E-state index in [-0.39, 0.29) is 24.5 Å². The summed E-state index contributed by atoms with van der Waals surface area (Å²) < 4.78 is 12.4. The number of rotatable bonds is 8. The van der Waals surface area contributed by atoms with Crippen LogP contribution in [0.5, 0.6) is 5.75 Å². The third-order valence-electron chi connectivity index (χ3n) is 6.46. The average Bonchev–Trinajstić information content (AvgIpc) is 3.31. The molecule has 1 aliphatic rings. The van der Waals surface area contributed by atoms with Crippen LogP contribution in [0.2, 0.25) is 5.02 Å². The minimum Gasteiger partial charge on any atom is -0.487 e. The summed E-state index contributed by atoms with van der Waals surface area (Å²) in [5.74, 6) is 0.165. The molecule has 1 saturated heterocycles. The predicted molar refractivity (Wildman–Crippen MR) is 147 cm³/mol. The number of aromatic nitrogens is 2. The number of piperazine rings is 1. The molecule has 2 aromatic carbocycles. The summed E-state index contributed by atoms with van der Waals surface area (Å²) in [4.78, 5) is 41.4. The van der Waals surface area contributed by atoms with Crippen molar-refractivity contribution < 1.29 is 23.9 Å². The summed E-state index contributed by atoms with van der Waals surface area (Å²) in [5.41, 5.74) is 2.39. The normalized spacial score (nSPS) is 14.1. The number of nitrogens with zero attached hydrogens (tertiary/aromatic N) is 4. The van der Waals surface area contributed by atoms with Crippen molar-refractivity contribution in [3.05, 3.63) is 76.6 Å². The number of hydrogen-bond acceptors (Lipinski definition) is 6. The average molecular weight is 554 g/mol. The van der Waals surface area contributed by atoms with Gasteiger partial charge in [-0.25, -0.2) is 4.79 Å². The fraction of sp³-hybridized carbons (Fsp3) is 0.357. The van der Waals surface area contributed by atoms with Crippen LogP contribution < -0.4 is 10.1 Å². The van der Waals surface area contributed by atoms with Crippen LogP contribution in [0, 0.1) is 6.92 Å². The second-order valence-corrected chi connectivity index (χ2v) is 9.58. The van der Waals surface area contributed by atoms with E-state index in [9.17, 15) is 14.4 Å². The highest BCUT2D eigenvalue weighted by Crippen LogP contribution is 2.24. The SMILES string of the molecule is CCOC(=O)N1CCN(C(=O)C(C)n2cc(NC(=O)c3cccc(COc4ccccc4Cl)c3)c(C)n2)CC1. The Hall–Kier alpha value is -4.05. The molecule has 11 heteroatoms. The van der Waals surface area contributed by atoms with Crippen molar-refractivity contribution in [2.75, 3.05) is 38.1 Å². The maximum Gasteiger partial charge on any atom is 0.409 e. The molecule has 4 rings (SSSR count). The number of amides is 3. The molecule has 3 amide bonds. The topological polar surface area (TPSA) is 106 Å². The lowest BCUT2D eigenvalue weighted by molar-refractivity contribution is -0.136. The zero-order chi connectivity index (χ0) is 27.9. The molecule has 1 atom stereocenters. The Bertz CT molecular complexity index is 1340. The maximum absolute atomic E-state index is 13.1. The van der Waals surface area contributed by atoms with Gasteiger partial charge in [-0.15, -0.1) is 0 Å². The minimum absolute atomic E-state index is 0.106. The summed E-state index contributed by atoms with van der Waals surface area (Å²) in [6.45, 7) is 7.54. The van der Waals surface area contributed by atoms with Crippen molar-refractivity contribution in [3.8, 4) is 5.75 Å². The molecule has 10 nitrogen and oxygen atoms in total. The molecule has 0 radical (unpaired) electrons. The molecule has 0 bridgehead atoms. The van der Waals surface area contributed by atoms with Gasteiger partial charge < -0.3 is 24.6 Å². The van der Waals surface area contributed by atoms with Gasteiger partial charge in [-0.3, -0.25) is 14.3 Å². The highest BCUT2D eigenvalue weighted by Gasteiger charge is 2.29. The minimum atomic E-state index is -0.575. The standard InChI is InChI=1S/C28H32ClN5O5/c1-4-38-28(37)33-14-12-32(13-15-33)27(36)20(3)34-17-24(19(2)31-34)30-26(35)22-9-7-8-21(16-22)18-39-25-11-6-5-10-23(25)29/h5-11,16-17,20H,4,12-15,18H2,1-3H3,(H,30,35). The number of aryl methyl sites for hydroxylation is 1. The number of benzene rings is 2. The summed E-state index contributed by atoms with van der Waals surface area (Å²) >= 11 is 6.15. The Morgan fingerprint density at radius 1 is 1.05 bits per heavy atom. The van der Waals surface area contributed by atoms with Gasteiger partial charge in [0.05, 0.1) is 23.0 Å². The first-order valence-electron chi connectivity index (χ1n) is 12.8. The molecule has 39 heavy (non-hydrogen) atoms. The van der Waals surface area contributed by atoms with E-state index in [2.05, 4.69) is 10.4 Å². The molecule has 1 fully saturated rings. The summed E-state index contributed by atoms with van der Waals surface area (Å²) in [6, 6.07) is 13.8. The fourth-order valence-electron chi connectivity index (χ4n) is 4.22. The molecule has 1 N–H and O–H groups in total. The van der Waals surface area contributed by atoms with Crippen LogP contribution in [-0.4, -0.2) is 70.3 Å². The van der Waals surface area contributed by atoms with Crippen LogP contribution in [0.3, 0.4) is 0 Å². The van der Waals surface area contributed by atoms with E-state index in [1.807, 2.05) is 18.2 Å². The largest absolute Gasteiger partial charge is 0.487 e. The van der Waals surface area contributed by atoms with E-state index in [0.29, 0.717) is 60.5 Å². The van der Waals surface area contributed by atoms with Gasteiger partial charge in [0.25, 0.3) is 5.91 Å². The van der Waals surface area contributed by atoms with Gasteiger partial charge in [0, 0.05) is 37.9 Å². The number of carbonyl (C=O) groups excluding carboxylic acids is 3. The van der Waals surface area contributed by atoms with Gasteiger partial charge in [-0.2, -0.15) is 5.10 Å². The van der Waals surface area contributed by atoms with Crippen molar-refractivity contribution in [1.29, 1.82) is 0 Å². The van der Waals surface area contributed by atoms with Crippen molar-refractivity contribution in [2.24, 2.45) is 0 Å². The molecule has 1 unspecified atom stereocenters. The smallest absolute Gasteiger partial charge is 0.409 e. The van der Waals surface area contributed by atoms with Gasteiger partial charge in [0.15, 0.2) is 0 Å². The van der Waals surface area contributed by atoms with Gasteiger partial charge in [-0.05, 0) is 50.6 Å². The van der Waals surface area contributed by atoms with Crippen LogP contribution >= 0.6 is 11.6 Å². The summed E-state index contributed by atoms with van der Waals surface area (Å²) in [5, 5.41) is 7.88. The van der Waals surface area contributed by atoms with Gasteiger partial charge in [-0.1, -0.05) is 35.9 Å². The Kier molecular flexibility index (Phi) is 9.08. The van der Waals surface area contributed by atoms with Gasteiger partial charge in [0.1, 0.15) is 18.4 Å². The summed E-state index contributed by atoms with van der Waals surface area (Å²) in [6.07, 6.45) is 1.30. The lowest BCUT2D eigenvalue weighted by Crippen LogP contribution is -2.52. The Morgan fingerprint density at radius 2 is 1.77 bits per heavy atom. The predicted octanol–water partition coefficient (Wildman–Crippen LogP) is 4.54. The third kappa shape index (κ3) is 6.88. The highest BCUT2D eigenvalue weighted by atomic mass is 35.5. The number of hydrogen-bond donors (Lipinski definition) is 1. The zero-order valence-electron chi connectivity index (χ0n) is 22.2. The quantitative estimate of drug-likeness (QED) is 0.439. The monoisotopic (exact) mass is 553 g/mol. The number of halogens is 1. The summed E-state index contributed by atoms with van der Waals surface area (Å²) in [7, 11) is 0. The molecule has 0 spiro atoms. The molecule has 0 aliphatic carbocycles. The first-order valence-corrected chi connectivity index (χ1v) is 13.2. The lowest BCUT2D eigenvalue weighted by Gasteiger charge is -2.35. The number of nitrogens with one attached hydrogen (secondary N) is 1. The van der Waals surface area contributed by atoms with E-state index in [1.54, 1.807) is 71.8 Å².